The second-order valence-corrected chi connectivity index (χ2v) is 8.36. The van der Waals surface area contributed by atoms with Gasteiger partial charge in [-0.2, -0.15) is 0 Å². The molecule has 192 valence electrons. The Morgan fingerprint density at radius 3 is 2.09 bits per heavy atom. The Balaban J connectivity index is 2.56. The Morgan fingerprint density at radius 2 is 1.51 bits per heavy atom. The van der Waals surface area contributed by atoms with Gasteiger partial charge in [0.05, 0.1) is 0 Å². The molecule has 3 atom stereocenters. The van der Waals surface area contributed by atoms with Gasteiger partial charge in [-0.3, -0.25) is 24.0 Å². The lowest BCUT2D eigenvalue weighted by Crippen LogP contribution is -2.52. The molecule has 1 rings (SSSR count). The Morgan fingerprint density at radius 1 is 0.914 bits per heavy atom. The van der Waals surface area contributed by atoms with E-state index in [0.717, 1.165) is 5.56 Å². The van der Waals surface area contributed by atoms with Crippen LogP contribution in [0.3, 0.4) is 0 Å². The first-order valence-corrected chi connectivity index (χ1v) is 11.5. The first kappa shape index (κ1) is 29.6. The zero-order valence-electron chi connectivity index (χ0n) is 19.6. The van der Waals surface area contributed by atoms with Gasteiger partial charge >= 0.3 is 0 Å². The molecular weight excluding hydrogens is 476 g/mol. The molecule has 0 aliphatic rings. The normalized spacial score (nSPS) is 13.5. The molecule has 0 aromatic heterocycles. The highest BCUT2D eigenvalue weighted by molar-refractivity contribution is 6.30. The molecule has 0 spiro atoms. The fraction of sp³-hybridized carbons (Fsp3) is 0.435. The van der Waals surface area contributed by atoms with E-state index in [1.54, 1.807) is 30.3 Å². The average Bonchev–Trinajstić information content (AvgIpc) is 2.80. The number of halogens is 1. The van der Waals surface area contributed by atoms with E-state index in [2.05, 4.69) is 16.0 Å². The van der Waals surface area contributed by atoms with Crippen LogP contribution < -0.4 is 33.2 Å². The minimum absolute atomic E-state index is 0.0989. The molecule has 11 nitrogen and oxygen atoms in total. The smallest absolute Gasteiger partial charge is 0.244 e. The molecule has 1 aromatic rings. The van der Waals surface area contributed by atoms with Crippen molar-refractivity contribution in [1.82, 2.24) is 16.0 Å². The van der Waals surface area contributed by atoms with E-state index in [4.69, 9.17) is 28.8 Å². The third-order valence-corrected chi connectivity index (χ3v) is 5.25. The van der Waals surface area contributed by atoms with Gasteiger partial charge in [0.25, 0.3) is 0 Å². The van der Waals surface area contributed by atoms with Crippen molar-refractivity contribution in [3.8, 4) is 0 Å². The minimum Gasteiger partial charge on any atom is -0.368 e. The summed E-state index contributed by atoms with van der Waals surface area (Å²) in [5, 5.41) is 7.98. The van der Waals surface area contributed by atoms with Gasteiger partial charge < -0.3 is 33.2 Å². The largest absolute Gasteiger partial charge is 0.368 e. The molecular formula is C23H33ClN6O5. The topological polar surface area (TPSA) is 200 Å². The highest BCUT2D eigenvalue weighted by atomic mass is 35.5. The summed E-state index contributed by atoms with van der Waals surface area (Å²) >= 11 is 5.81. The van der Waals surface area contributed by atoms with E-state index >= 15 is 0 Å². The second kappa shape index (κ2) is 15.5. The van der Waals surface area contributed by atoms with Crippen molar-refractivity contribution in [2.24, 2.45) is 17.2 Å². The van der Waals surface area contributed by atoms with Crippen molar-refractivity contribution >= 4 is 47.2 Å². The molecule has 1 aromatic carbocycles. The number of primary amides is 2. The second-order valence-electron chi connectivity index (χ2n) is 7.92. The number of nitrogens with one attached hydrogen (secondary N) is 3. The van der Waals surface area contributed by atoms with E-state index in [9.17, 15) is 24.0 Å². The van der Waals surface area contributed by atoms with Gasteiger partial charge in [-0.05, 0) is 62.9 Å². The van der Waals surface area contributed by atoms with Crippen LogP contribution in [0.4, 0.5) is 0 Å². The average molecular weight is 509 g/mol. The number of nitrogens with two attached hydrogens (primary N) is 3. The van der Waals surface area contributed by atoms with Crippen LogP contribution in [-0.4, -0.2) is 54.2 Å². The minimum atomic E-state index is -1.15. The van der Waals surface area contributed by atoms with Gasteiger partial charge in [0.2, 0.25) is 29.5 Å². The van der Waals surface area contributed by atoms with Crippen LogP contribution in [0.15, 0.2) is 30.3 Å². The van der Waals surface area contributed by atoms with E-state index in [-0.39, 0.29) is 12.8 Å². The Hall–Kier alpha value is -3.44. The zero-order chi connectivity index (χ0) is 26.4. The number of rotatable bonds is 15. The van der Waals surface area contributed by atoms with Gasteiger partial charge in [0.1, 0.15) is 18.1 Å². The van der Waals surface area contributed by atoms with E-state index in [1.165, 1.54) is 13.0 Å². The van der Waals surface area contributed by atoms with Crippen LogP contribution in [0.25, 0.3) is 6.08 Å². The molecule has 35 heavy (non-hydrogen) atoms. The summed E-state index contributed by atoms with van der Waals surface area (Å²) in [5.41, 5.74) is 16.8. The third-order valence-electron chi connectivity index (χ3n) is 4.99. The highest BCUT2D eigenvalue weighted by Gasteiger charge is 2.24. The Kier molecular flexibility index (Phi) is 13.1. The number of benzene rings is 1. The molecule has 9 N–H and O–H groups in total. The molecule has 12 heteroatoms. The summed E-state index contributed by atoms with van der Waals surface area (Å²) in [6.45, 7) is 1.89. The van der Waals surface area contributed by atoms with Crippen molar-refractivity contribution in [2.45, 2.75) is 57.2 Å². The van der Waals surface area contributed by atoms with Crippen LogP contribution in [-0.2, 0) is 24.0 Å². The summed E-state index contributed by atoms with van der Waals surface area (Å²) < 4.78 is 0. The number of amides is 5. The SMILES string of the molecule is CC(NC(=O)C=Cc1ccc(Cl)cc1)C(=O)NC(CCC(=O)NC(CCCCN)C(N)=O)C(N)=O. The number of hydrogen-bond donors (Lipinski definition) is 6. The molecule has 0 saturated heterocycles. The Labute approximate surface area is 209 Å². The van der Waals surface area contributed by atoms with Crippen LogP contribution in [0.5, 0.6) is 0 Å². The van der Waals surface area contributed by atoms with E-state index in [0.29, 0.717) is 30.8 Å². The van der Waals surface area contributed by atoms with Crippen molar-refractivity contribution in [3.05, 3.63) is 40.9 Å². The first-order chi connectivity index (χ1) is 16.5. The number of hydrogen-bond acceptors (Lipinski definition) is 6. The molecule has 0 aliphatic heterocycles. The summed E-state index contributed by atoms with van der Waals surface area (Å²) in [5.74, 6) is -3.22. The third kappa shape index (κ3) is 12.0. The van der Waals surface area contributed by atoms with Gasteiger partial charge in [-0.15, -0.1) is 0 Å². The lowest BCUT2D eigenvalue weighted by Gasteiger charge is -2.20. The van der Waals surface area contributed by atoms with E-state index < -0.39 is 47.7 Å². The molecule has 0 radical (unpaired) electrons. The maximum Gasteiger partial charge on any atom is 0.244 e. The Bertz CT molecular complexity index is 921. The highest BCUT2D eigenvalue weighted by Crippen LogP contribution is 2.10. The molecule has 5 amide bonds. The van der Waals surface area contributed by atoms with Crippen molar-refractivity contribution in [3.63, 3.8) is 0 Å². The van der Waals surface area contributed by atoms with Crippen molar-refractivity contribution in [2.75, 3.05) is 6.54 Å². The number of unbranched alkanes of at least 4 members (excludes halogenated alkanes) is 1. The maximum atomic E-state index is 12.4. The predicted molar refractivity (Wildman–Crippen MR) is 132 cm³/mol. The van der Waals surface area contributed by atoms with E-state index in [1.807, 2.05) is 0 Å². The quantitative estimate of drug-likeness (QED) is 0.139. The zero-order valence-corrected chi connectivity index (χ0v) is 20.3. The predicted octanol–water partition coefficient (Wildman–Crippen LogP) is -0.293. The van der Waals surface area contributed by atoms with Crippen LogP contribution >= 0.6 is 11.6 Å². The monoisotopic (exact) mass is 508 g/mol. The summed E-state index contributed by atoms with van der Waals surface area (Å²) in [6, 6.07) is 3.82. The fourth-order valence-corrected chi connectivity index (χ4v) is 3.10. The summed E-state index contributed by atoms with van der Waals surface area (Å²) in [6.07, 6.45) is 4.17. The van der Waals surface area contributed by atoms with Gasteiger partial charge in [-0.1, -0.05) is 23.7 Å². The fourth-order valence-electron chi connectivity index (χ4n) is 2.98. The standard InChI is InChI=1S/C23H33ClN6O5/c1-14(28-19(31)11-7-15-5-8-16(24)9-6-15)23(35)30-18(22(27)34)10-12-20(32)29-17(21(26)33)4-2-3-13-25/h5-9,11,14,17-18H,2-4,10,12-13,25H2,1H3,(H2,26,33)(H2,27,34)(H,28,31)(H,29,32)(H,30,35). The van der Waals surface area contributed by atoms with Gasteiger partial charge in [-0.25, -0.2) is 0 Å². The molecule has 0 heterocycles. The van der Waals surface area contributed by atoms with Crippen LogP contribution in [0.2, 0.25) is 5.02 Å². The number of carbonyl (C=O) groups excluding carboxylic acids is 5. The molecule has 0 bridgehead atoms. The molecule has 0 aliphatic carbocycles. The lowest BCUT2D eigenvalue weighted by atomic mass is 10.1. The van der Waals surface area contributed by atoms with Crippen LogP contribution in [0.1, 0.15) is 44.6 Å². The molecule has 0 saturated carbocycles. The number of carbonyl (C=O) groups is 5. The van der Waals surface area contributed by atoms with Crippen LogP contribution in [0, 0.1) is 0 Å². The van der Waals surface area contributed by atoms with Crippen molar-refractivity contribution < 1.29 is 24.0 Å². The first-order valence-electron chi connectivity index (χ1n) is 11.2. The van der Waals surface area contributed by atoms with Gasteiger partial charge in [0, 0.05) is 17.5 Å². The summed E-state index contributed by atoms with van der Waals surface area (Å²) in [7, 11) is 0. The molecule has 0 fully saturated rings. The summed E-state index contributed by atoms with van der Waals surface area (Å²) in [4.78, 5) is 60.0. The molecule has 3 unspecified atom stereocenters. The van der Waals surface area contributed by atoms with Crippen molar-refractivity contribution in [1.29, 1.82) is 0 Å². The van der Waals surface area contributed by atoms with Gasteiger partial charge in [0.15, 0.2) is 0 Å². The lowest BCUT2D eigenvalue weighted by molar-refractivity contribution is -0.131. The maximum absolute atomic E-state index is 12.4.